The average Bonchev–Trinajstić information content (AvgIpc) is 2.54. The molecule has 0 aromatic heterocycles. The van der Waals surface area contributed by atoms with Gasteiger partial charge in [0.05, 0.1) is 13.5 Å². The molecule has 1 rings (SSSR count). The summed E-state index contributed by atoms with van der Waals surface area (Å²) in [5, 5.41) is 2.63. The molecule has 0 unspecified atom stereocenters. The van der Waals surface area contributed by atoms with Crippen molar-refractivity contribution < 1.29 is 19.1 Å². The average molecular weight is 305 g/mol. The van der Waals surface area contributed by atoms with Gasteiger partial charge >= 0.3 is 5.97 Å². The van der Waals surface area contributed by atoms with Crippen molar-refractivity contribution in [2.45, 2.75) is 39.0 Å². The van der Waals surface area contributed by atoms with Gasteiger partial charge in [0, 0.05) is 24.1 Å². The SMILES string of the molecule is CCCCCC(=O)c1ccc(C(=O)NCCC(=O)OC)cc1. The summed E-state index contributed by atoms with van der Waals surface area (Å²) < 4.78 is 4.49. The largest absolute Gasteiger partial charge is 0.469 e. The molecule has 0 bridgehead atoms. The number of rotatable bonds is 9. The third-order valence-electron chi connectivity index (χ3n) is 3.32. The van der Waals surface area contributed by atoms with E-state index in [1.807, 2.05) is 0 Å². The molecule has 0 aliphatic rings. The molecule has 1 N–H and O–H groups in total. The summed E-state index contributed by atoms with van der Waals surface area (Å²) in [5.41, 5.74) is 1.09. The number of methoxy groups -OCH3 is 1. The van der Waals surface area contributed by atoms with Gasteiger partial charge < -0.3 is 10.1 Å². The van der Waals surface area contributed by atoms with E-state index in [-0.39, 0.29) is 30.6 Å². The number of hydrogen-bond donors (Lipinski definition) is 1. The molecular weight excluding hydrogens is 282 g/mol. The first kappa shape index (κ1) is 17.9. The smallest absolute Gasteiger partial charge is 0.307 e. The summed E-state index contributed by atoms with van der Waals surface area (Å²) in [6.45, 7) is 2.32. The lowest BCUT2D eigenvalue weighted by Crippen LogP contribution is -2.26. The van der Waals surface area contributed by atoms with Crippen molar-refractivity contribution >= 4 is 17.7 Å². The number of esters is 1. The summed E-state index contributed by atoms with van der Waals surface area (Å²) in [6.07, 6.45) is 3.70. The molecule has 1 amide bonds. The number of unbranched alkanes of at least 4 members (excludes halogenated alkanes) is 2. The maximum absolute atomic E-state index is 11.9. The lowest BCUT2D eigenvalue weighted by atomic mass is 10.0. The van der Waals surface area contributed by atoms with E-state index in [0.717, 1.165) is 19.3 Å². The second-order valence-electron chi connectivity index (χ2n) is 5.04. The zero-order valence-corrected chi connectivity index (χ0v) is 13.2. The van der Waals surface area contributed by atoms with Crippen LogP contribution in [-0.4, -0.2) is 31.3 Å². The Kier molecular flexibility index (Phi) is 7.89. The van der Waals surface area contributed by atoms with Crippen molar-refractivity contribution in [1.29, 1.82) is 0 Å². The van der Waals surface area contributed by atoms with E-state index in [1.165, 1.54) is 7.11 Å². The first-order valence-electron chi connectivity index (χ1n) is 7.56. The third kappa shape index (κ3) is 6.08. The van der Waals surface area contributed by atoms with Crippen LogP contribution in [0.3, 0.4) is 0 Å². The van der Waals surface area contributed by atoms with Crippen molar-refractivity contribution in [3.8, 4) is 0 Å². The molecule has 22 heavy (non-hydrogen) atoms. The van der Waals surface area contributed by atoms with E-state index in [0.29, 0.717) is 17.5 Å². The number of ketones is 1. The summed E-state index contributed by atoms with van der Waals surface area (Å²) >= 11 is 0. The van der Waals surface area contributed by atoms with Gasteiger partial charge in [-0.3, -0.25) is 14.4 Å². The van der Waals surface area contributed by atoms with Crippen LogP contribution in [0.15, 0.2) is 24.3 Å². The van der Waals surface area contributed by atoms with Crippen LogP contribution in [0.5, 0.6) is 0 Å². The van der Waals surface area contributed by atoms with Gasteiger partial charge in [0.25, 0.3) is 5.91 Å². The van der Waals surface area contributed by atoms with Crippen LogP contribution in [0.1, 0.15) is 59.7 Å². The Balaban J connectivity index is 2.48. The number of amides is 1. The van der Waals surface area contributed by atoms with E-state index < -0.39 is 0 Å². The lowest BCUT2D eigenvalue weighted by Gasteiger charge is -2.05. The maximum Gasteiger partial charge on any atom is 0.307 e. The lowest BCUT2D eigenvalue weighted by molar-refractivity contribution is -0.140. The minimum absolute atomic E-state index is 0.103. The Morgan fingerprint density at radius 1 is 1.00 bits per heavy atom. The second kappa shape index (κ2) is 9.71. The quantitative estimate of drug-likeness (QED) is 0.432. The summed E-state index contributed by atoms with van der Waals surface area (Å²) in [7, 11) is 1.31. The van der Waals surface area contributed by atoms with E-state index in [9.17, 15) is 14.4 Å². The molecule has 0 atom stereocenters. The highest BCUT2D eigenvalue weighted by atomic mass is 16.5. The van der Waals surface area contributed by atoms with Gasteiger partial charge in [-0.1, -0.05) is 31.9 Å². The summed E-state index contributed by atoms with van der Waals surface area (Å²) in [4.78, 5) is 34.7. The standard InChI is InChI=1S/C17H23NO4/c1-3-4-5-6-15(19)13-7-9-14(10-8-13)17(21)18-12-11-16(20)22-2/h7-10H,3-6,11-12H2,1-2H3,(H,18,21). The monoisotopic (exact) mass is 305 g/mol. The molecular formula is C17H23NO4. The van der Waals surface area contributed by atoms with Gasteiger partial charge in [-0.2, -0.15) is 0 Å². The van der Waals surface area contributed by atoms with Gasteiger partial charge in [-0.25, -0.2) is 0 Å². The van der Waals surface area contributed by atoms with Crippen LogP contribution in [-0.2, 0) is 9.53 Å². The number of hydrogen-bond acceptors (Lipinski definition) is 4. The predicted molar refractivity (Wildman–Crippen MR) is 83.9 cm³/mol. The highest BCUT2D eigenvalue weighted by molar-refractivity contribution is 5.98. The van der Waals surface area contributed by atoms with E-state index in [2.05, 4.69) is 17.0 Å². The minimum atomic E-state index is -0.367. The van der Waals surface area contributed by atoms with Gasteiger partial charge in [-0.15, -0.1) is 0 Å². The Hall–Kier alpha value is -2.17. The zero-order valence-electron chi connectivity index (χ0n) is 13.2. The molecule has 0 spiro atoms. The van der Waals surface area contributed by atoms with Crippen LogP contribution >= 0.6 is 0 Å². The van der Waals surface area contributed by atoms with Crippen LogP contribution in [0.2, 0.25) is 0 Å². The topological polar surface area (TPSA) is 72.5 Å². The molecule has 0 fully saturated rings. The first-order valence-corrected chi connectivity index (χ1v) is 7.56. The molecule has 0 saturated heterocycles. The number of benzene rings is 1. The molecule has 1 aromatic rings. The molecule has 1 aromatic carbocycles. The summed E-state index contributed by atoms with van der Waals surface area (Å²) in [5.74, 6) is -0.534. The third-order valence-corrected chi connectivity index (χ3v) is 3.32. The normalized spacial score (nSPS) is 10.1. The van der Waals surface area contributed by atoms with Crippen molar-refractivity contribution in [3.63, 3.8) is 0 Å². The predicted octanol–water partition coefficient (Wildman–Crippen LogP) is 2.74. The Morgan fingerprint density at radius 3 is 2.23 bits per heavy atom. The van der Waals surface area contributed by atoms with Crippen LogP contribution in [0.25, 0.3) is 0 Å². The second-order valence-corrected chi connectivity index (χ2v) is 5.04. The van der Waals surface area contributed by atoms with Crippen LogP contribution in [0, 0.1) is 0 Å². The van der Waals surface area contributed by atoms with E-state index >= 15 is 0 Å². The Bertz CT molecular complexity index is 508. The van der Waals surface area contributed by atoms with E-state index in [4.69, 9.17) is 0 Å². The van der Waals surface area contributed by atoms with Crippen molar-refractivity contribution in [1.82, 2.24) is 5.32 Å². The number of nitrogens with one attached hydrogen (secondary N) is 1. The molecule has 5 nitrogen and oxygen atoms in total. The molecule has 0 saturated carbocycles. The molecule has 0 radical (unpaired) electrons. The fraction of sp³-hybridized carbons (Fsp3) is 0.471. The van der Waals surface area contributed by atoms with Crippen LogP contribution < -0.4 is 5.32 Å². The van der Waals surface area contributed by atoms with Crippen molar-refractivity contribution in [2.75, 3.05) is 13.7 Å². The van der Waals surface area contributed by atoms with E-state index in [1.54, 1.807) is 24.3 Å². The van der Waals surface area contributed by atoms with Gasteiger partial charge in [0.1, 0.15) is 0 Å². The molecule has 0 aliphatic heterocycles. The van der Waals surface area contributed by atoms with Crippen molar-refractivity contribution in [2.24, 2.45) is 0 Å². The molecule has 5 heteroatoms. The minimum Gasteiger partial charge on any atom is -0.469 e. The molecule has 0 aliphatic carbocycles. The van der Waals surface area contributed by atoms with Gasteiger partial charge in [-0.05, 0) is 18.6 Å². The Labute approximate surface area is 131 Å². The fourth-order valence-corrected chi connectivity index (χ4v) is 1.97. The first-order chi connectivity index (χ1) is 10.6. The van der Waals surface area contributed by atoms with Crippen LogP contribution in [0.4, 0.5) is 0 Å². The highest BCUT2D eigenvalue weighted by Gasteiger charge is 2.09. The fourth-order valence-electron chi connectivity index (χ4n) is 1.97. The summed E-state index contributed by atoms with van der Waals surface area (Å²) in [6, 6.07) is 6.59. The van der Waals surface area contributed by atoms with Gasteiger partial charge in [0.2, 0.25) is 0 Å². The number of carbonyl (C=O) groups is 3. The number of Topliss-reactive ketones (excluding diaryl/α,β-unsaturated/α-hetero) is 1. The highest BCUT2D eigenvalue weighted by Crippen LogP contribution is 2.10. The Morgan fingerprint density at radius 2 is 1.64 bits per heavy atom. The zero-order chi connectivity index (χ0) is 16.4. The maximum atomic E-state index is 11.9. The van der Waals surface area contributed by atoms with Crippen molar-refractivity contribution in [3.05, 3.63) is 35.4 Å². The molecule has 0 heterocycles. The number of carbonyl (C=O) groups excluding carboxylic acids is 3. The molecule has 120 valence electrons. The van der Waals surface area contributed by atoms with Gasteiger partial charge in [0.15, 0.2) is 5.78 Å². The number of ether oxygens (including phenoxy) is 1.